The smallest absolute Gasteiger partial charge is 0.174 e. The molecule has 0 fully saturated rings. The van der Waals surface area contributed by atoms with E-state index in [1.807, 2.05) is 18.4 Å². The summed E-state index contributed by atoms with van der Waals surface area (Å²) in [7, 11) is 3.27. The number of ether oxygens (including phenoxy) is 2. The maximum absolute atomic E-state index is 5.25. The molecule has 0 spiro atoms. The molecule has 0 aliphatic carbocycles. The zero-order chi connectivity index (χ0) is 9.84. The molecule has 1 rings (SSSR count). The van der Waals surface area contributed by atoms with Crippen molar-refractivity contribution in [2.75, 3.05) is 20.5 Å². The van der Waals surface area contributed by atoms with Crippen LogP contribution in [0.15, 0.2) is 17.0 Å². The van der Waals surface area contributed by atoms with Gasteiger partial charge in [0.15, 0.2) is 11.5 Å². The molecule has 0 saturated heterocycles. The molecule has 3 heteroatoms. The normalized spacial score (nSPS) is 9.85. The van der Waals surface area contributed by atoms with Crippen LogP contribution in [0.25, 0.3) is 0 Å². The van der Waals surface area contributed by atoms with E-state index in [-0.39, 0.29) is 0 Å². The summed E-state index contributed by atoms with van der Waals surface area (Å²) in [6.07, 6.45) is 1.99. The minimum atomic E-state index is 0.749. The van der Waals surface area contributed by atoms with Gasteiger partial charge in [0.2, 0.25) is 0 Å². The van der Waals surface area contributed by atoms with Crippen molar-refractivity contribution >= 4 is 11.8 Å². The largest absolute Gasteiger partial charge is 0.493 e. The second-order valence-corrected chi connectivity index (χ2v) is 3.31. The monoisotopic (exact) mass is 197 g/mol. The van der Waals surface area contributed by atoms with E-state index in [4.69, 9.17) is 9.47 Å². The van der Waals surface area contributed by atoms with Crippen LogP contribution in [-0.4, -0.2) is 20.5 Å². The molecule has 0 unspecified atom stereocenters. The van der Waals surface area contributed by atoms with Crippen molar-refractivity contribution < 1.29 is 9.47 Å². The Balaban J connectivity index is 3.27. The highest BCUT2D eigenvalue weighted by molar-refractivity contribution is 7.98. The fraction of sp³-hybridized carbons (Fsp3) is 0.300. The van der Waals surface area contributed by atoms with Crippen molar-refractivity contribution in [2.24, 2.45) is 0 Å². The molecule has 0 N–H and O–H groups in total. The Labute approximate surface area is 83.2 Å². The number of hydrogen-bond acceptors (Lipinski definition) is 3. The molecule has 13 heavy (non-hydrogen) atoms. The van der Waals surface area contributed by atoms with Crippen molar-refractivity contribution in [3.8, 4) is 11.5 Å². The number of thioether (sulfide) groups is 1. The molecule has 1 radical (unpaired) electrons. The van der Waals surface area contributed by atoms with Gasteiger partial charge < -0.3 is 9.47 Å². The third kappa shape index (κ3) is 1.91. The highest BCUT2D eigenvalue weighted by Gasteiger charge is 2.10. The van der Waals surface area contributed by atoms with E-state index in [0.717, 1.165) is 22.0 Å². The maximum Gasteiger partial charge on any atom is 0.174 e. The van der Waals surface area contributed by atoms with Crippen LogP contribution in [0, 0.1) is 6.92 Å². The van der Waals surface area contributed by atoms with Crippen molar-refractivity contribution in [1.29, 1.82) is 0 Å². The Bertz CT molecular complexity index is 297. The summed E-state index contributed by atoms with van der Waals surface area (Å²) >= 11 is 1.61. The molecule has 0 bridgehead atoms. The third-order valence-electron chi connectivity index (χ3n) is 1.79. The lowest BCUT2D eigenvalue weighted by atomic mass is 10.2. The standard InChI is InChI=1S/C10H13O2S/c1-7-5-6-8(11-2)9(12-3)10(7)13-4/h5-6H,1H2,2-4H3. The first-order valence-electron chi connectivity index (χ1n) is 3.85. The number of hydrogen-bond donors (Lipinski definition) is 0. The maximum atomic E-state index is 5.25. The molecule has 1 aromatic carbocycles. The van der Waals surface area contributed by atoms with E-state index < -0.39 is 0 Å². The second-order valence-electron chi connectivity index (χ2n) is 2.49. The number of rotatable bonds is 3. The van der Waals surface area contributed by atoms with Crippen LogP contribution in [0.3, 0.4) is 0 Å². The Kier molecular flexibility index (Phi) is 3.48. The molecule has 0 aliphatic heterocycles. The summed E-state index contributed by atoms with van der Waals surface area (Å²) in [5.41, 5.74) is 0.963. The van der Waals surface area contributed by atoms with Gasteiger partial charge >= 0.3 is 0 Å². The van der Waals surface area contributed by atoms with E-state index in [1.54, 1.807) is 26.0 Å². The molecule has 71 valence electrons. The van der Waals surface area contributed by atoms with Crippen LogP contribution in [0.4, 0.5) is 0 Å². The van der Waals surface area contributed by atoms with Gasteiger partial charge in [0.05, 0.1) is 19.1 Å². The first-order valence-corrected chi connectivity index (χ1v) is 5.08. The third-order valence-corrected chi connectivity index (χ3v) is 2.64. The summed E-state index contributed by atoms with van der Waals surface area (Å²) in [6.45, 7) is 3.92. The van der Waals surface area contributed by atoms with Crippen LogP contribution in [0.5, 0.6) is 11.5 Å². The molecule has 0 atom stereocenters. The second kappa shape index (κ2) is 4.42. The van der Waals surface area contributed by atoms with E-state index in [2.05, 4.69) is 6.92 Å². The fourth-order valence-electron chi connectivity index (χ4n) is 1.16. The molecule has 0 heterocycles. The average molecular weight is 197 g/mol. The molecular weight excluding hydrogens is 184 g/mol. The van der Waals surface area contributed by atoms with Gasteiger partial charge in [-0.05, 0) is 24.8 Å². The zero-order valence-corrected chi connectivity index (χ0v) is 8.90. The zero-order valence-electron chi connectivity index (χ0n) is 8.09. The minimum Gasteiger partial charge on any atom is -0.493 e. The van der Waals surface area contributed by atoms with E-state index >= 15 is 0 Å². The number of benzene rings is 1. The van der Waals surface area contributed by atoms with Crippen LogP contribution in [-0.2, 0) is 0 Å². The molecule has 2 nitrogen and oxygen atoms in total. The minimum absolute atomic E-state index is 0.749. The van der Waals surface area contributed by atoms with Crippen LogP contribution in [0.1, 0.15) is 5.56 Å². The van der Waals surface area contributed by atoms with Gasteiger partial charge in [-0.3, -0.25) is 0 Å². The van der Waals surface area contributed by atoms with Crippen molar-refractivity contribution in [2.45, 2.75) is 4.90 Å². The van der Waals surface area contributed by atoms with E-state index in [0.29, 0.717) is 0 Å². The van der Waals surface area contributed by atoms with Crippen molar-refractivity contribution in [3.63, 3.8) is 0 Å². The first-order chi connectivity index (χ1) is 6.24. The molecule has 0 amide bonds. The molecule has 0 saturated carbocycles. The summed E-state index contributed by atoms with van der Waals surface area (Å²) in [6, 6.07) is 3.79. The molecule has 0 aromatic heterocycles. The van der Waals surface area contributed by atoms with Gasteiger partial charge in [0, 0.05) is 0 Å². The lowest BCUT2D eigenvalue weighted by Crippen LogP contribution is -1.93. The Hall–Kier alpha value is -0.830. The van der Waals surface area contributed by atoms with Crippen molar-refractivity contribution in [1.82, 2.24) is 0 Å². The van der Waals surface area contributed by atoms with Gasteiger partial charge in [-0.2, -0.15) is 0 Å². The topological polar surface area (TPSA) is 18.5 Å². The van der Waals surface area contributed by atoms with Gasteiger partial charge in [-0.25, -0.2) is 0 Å². The SMILES string of the molecule is [CH2]c1ccc(OC)c(OC)c1SC. The highest BCUT2D eigenvalue weighted by Crippen LogP contribution is 2.38. The number of methoxy groups -OCH3 is 2. The quantitative estimate of drug-likeness (QED) is 0.694. The summed E-state index contributed by atoms with van der Waals surface area (Å²) in [5, 5.41) is 0. The average Bonchev–Trinajstić information content (AvgIpc) is 2.17. The van der Waals surface area contributed by atoms with E-state index in [9.17, 15) is 0 Å². The van der Waals surface area contributed by atoms with Gasteiger partial charge in [0.25, 0.3) is 0 Å². The Morgan fingerprint density at radius 2 is 1.92 bits per heavy atom. The highest BCUT2D eigenvalue weighted by atomic mass is 32.2. The Morgan fingerprint density at radius 1 is 1.23 bits per heavy atom. The lowest BCUT2D eigenvalue weighted by Gasteiger charge is -2.12. The Morgan fingerprint density at radius 3 is 2.38 bits per heavy atom. The summed E-state index contributed by atoms with van der Waals surface area (Å²) < 4.78 is 10.4. The van der Waals surface area contributed by atoms with Crippen LogP contribution >= 0.6 is 11.8 Å². The van der Waals surface area contributed by atoms with Crippen molar-refractivity contribution in [3.05, 3.63) is 24.6 Å². The van der Waals surface area contributed by atoms with Gasteiger partial charge in [0.1, 0.15) is 0 Å². The van der Waals surface area contributed by atoms with E-state index in [1.165, 1.54) is 0 Å². The molecule has 0 aliphatic rings. The predicted octanol–water partition coefficient (Wildman–Crippen LogP) is 2.61. The van der Waals surface area contributed by atoms with Crippen LogP contribution < -0.4 is 9.47 Å². The first kappa shape index (κ1) is 10.3. The fourth-order valence-corrected chi connectivity index (χ4v) is 1.86. The summed E-state index contributed by atoms with van der Waals surface area (Å²) in [4.78, 5) is 1.03. The molecular formula is C10H13O2S. The molecule has 1 aromatic rings. The predicted molar refractivity (Wildman–Crippen MR) is 55.8 cm³/mol. The van der Waals surface area contributed by atoms with Crippen LogP contribution in [0.2, 0.25) is 0 Å². The van der Waals surface area contributed by atoms with Gasteiger partial charge in [-0.1, -0.05) is 6.07 Å². The lowest BCUT2D eigenvalue weighted by molar-refractivity contribution is 0.347. The summed E-state index contributed by atoms with van der Waals surface area (Å²) in [5.74, 6) is 1.52. The van der Waals surface area contributed by atoms with Gasteiger partial charge in [-0.15, -0.1) is 11.8 Å².